The fraction of sp³-hybridized carbons (Fsp3) is 0.852. The van der Waals surface area contributed by atoms with Crippen LogP contribution in [0.3, 0.4) is 0 Å². The molecule has 0 heterocycles. The smallest absolute Gasteiger partial charge is 0.222 e. The fourth-order valence-electron chi connectivity index (χ4n) is 8.68. The summed E-state index contributed by atoms with van der Waals surface area (Å²) in [7, 11) is 0. The number of hydrogen-bond donors (Lipinski definition) is 3. The number of ketones is 1. The zero-order chi connectivity index (χ0) is 23.9. The average Bonchev–Trinajstić information content (AvgIpc) is 3.54. The Bertz CT molecular complexity index is 882. The van der Waals surface area contributed by atoms with Gasteiger partial charge in [0.15, 0.2) is 5.78 Å². The molecule has 5 rings (SSSR count). The highest BCUT2D eigenvalue weighted by Gasteiger charge is 2.67. The largest absolute Gasteiger partial charge is 0.390 e. The lowest BCUT2D eigenvalue weighted by Crippen LogP contribution is -2.61. The van der Waals surface area contributed by atoms with E-state index in [0.717, 1.165) is 37.7 Å². The molecule has 0 aromatic heterocycles. The molecule has 5 aliphatic rings. The van der Waals surface area contributed by atoms with Gasteiger partial charge in [-0.05, 0) is 87.2 Å². The molecule has 33 heavy (non-hydrogen) atoms. The van der Waals surface area contributed by atoms with Crippen LogP contribution in [0.15, 0.2) is 11.6 Å². The first kappa shape index (κ1) is 23.5. The van der Waals surface area contributed by atoms with Gasteiger partial charge >= 0.3 is 0 Å². The molecule has 3 N–H and O–H groups in total. The van der Waals surface area contributed by atoms with Crippen LogP contribution in [0.5, 0.6) is 0 Å². The second-order valence-corrected chi connectivity index (χ2v) is 12.3. The first-order chi connectivity index (χ1) is 15.5. The Kier molecular flexibility index (Phi) is 5.43. The number of aliphatic hydroxyl groups is 3. The van der Waals surface area contributed by atoms with Crippen LogP contribution in [-0.2, 0) is 9.59 Å². The van der Waals surface area contributed by atoms with E-state index in [-0.39, 0.29) is 35.5 Å². The minimum absolute atomic E-state index is 0.00959. The zero-order valence-corrected chi connectivity index (χ0v) is 20.6. The Morgan fingerprint density at radius 3 is 2.45 bits per heavy atom. The van der Waals surface area contributed by atoms with Crippen LogP contribution < -0.4 is 0 Å². The molecule has 9 unspecified atom stereocenters. The number of nitrogens with zero attached hydrogens (tertiary/aromatic N) is 1. The number of aliphatic hydroxyl groups excluding tert-OH is 2. The van der Waals surface area contributed by atoms with Gasteiger partial charge < -0.3 is 20.2 Å². The van der Waals surface area contributed by atoms with E-state index in [2.05, 4.69) is 25.7 Å². The van der Waals surface area contributed by atoms with Crippen LogP contribution in [0.1, 0.15) is 85.5 Å². The summed E-state index contributed by atoms with van der Waals surface area (Å²) in [6, 6.07) is 0.404. The van der Waals surface area contributed by atoms with E-state index in [1.807, 2.05) is 6.92 Å². The van der Waals surface area contributed by atoms with Crippen molar-refractivity contribution in [3.8, 4) is 0 Å². The third-order valence-corrected chi connectivity index (χ3v) is 10.7. The number of fused-ring (bicyclic) bond motifs is 5. The second-order valence-electron chi connectivity index (χ2n) is 12.3. The van der Waals surface area contributed by atoms with Crippen molar-refractivity contribution < 1.29 is 24.9 Å². The SMILES string of the molecule is CCC(=O)N(C1CC1)C(C)C1CCC2(O)C3=CC(=O)C4CC(O)C(O)CC4(C)C3CCC12C. The molecule has 0 saturated heterocycles. The quantitative estimate of drug-likeness (QED) is 0.600. The van der Waals surface area contributed by atoms with Crippen molar-refractivity contribution in [3.05, 3.63) is 11.6 Å². The van der Waals surface area contributed by atoms with Crippen molar-refractivity contribution in [2.45, 2.75) is 115 Å². The molecule has 184 valence electrons. The second kappa shape index (κ2) is 7.63. The van der Waals surface area contributed by atoms with Gasteiger partial charge in [0, 0.05) is 29.8 Å². The van der Waals surface area contributed by atoms with E-state index in [4.69, 9.17) is 0 Å². The van der Waals surface area contributed by atoms with Gasteiger partial charge in [0.05, 0.1) is 17.8 Å². The molecule has 0 aliphatic heterocycles. The maximum absolute atomic E-state index is 13.3. The predicted octanol–water partition coefficient (Wildman–Crippen LogP) is 2.98. The number of carbonyl (C=O) groups is 2. The predicted molar refractivity (Wildman–Crippen MR) is 124 cm³/mol. The Hall–Kier alpha value is -1.24. The van der Waals surface area contributed by atoms with Crippen molar-refractivity contribution in [1.29, 1.82) is 0 Å². The molecule has 9 atom stereocenters. The van der Waals surface area contributed by atoms with Gasteiger partial charge in [-0.25, -0.2) is 0 Å². The highest BCUT2D eigenvalue weighted by atomic mass is 16.3. The molecule has 6 nitrogen and oxygen atoms in total. The summed E-state index contributed by atoms with van der Waals surface area (Å²) in [5, 5.41) is 33.1. The molecule has 0 aromatic rings. The lowest BCUT2D eigenvalue weighted by Gasteiger charge is -2.60. The summed E-state index contributed by atoms with van der Waals surface area (Å²) in [5.41, 5.74) is -1.05. The van der Waals surface area contributed by atoms with Gasteiger partial charge in [-0.3, -0.25) is 9.59 Å². The summed E-state index contributed by atoms with van der Waals surface area (Å²) in [4.78, 5) is 28.2. The monoisotopic (exact) mass is 459 g/mol. The highest BCUT2D eigenvalue weighted by molar-refractivity contribution is 5.95. The first-order valence-corrected chi connectivity index (χ1v) is 13.1. The van der Waals surface area contributed by atoms with Gasteiger partial charge in [0.25, 0.3) is 0 Å². The maximum Gasteiger partial charge on any atom is 0.222 e. The normalized spacial score (nSPS) is 47.8. The van der Waals surface area contributed by atoms with Crippen molar-refractivity contribution in [1.82, 2.24) is 4.90 Å². The average molecular weight is 460 g/mol. The molecule has 0 radical (unpaired) electrons. The minimum Gasteiger partial charge on any atom is -0.390 e. The molecule has 4 saturated carbocycles. The number of allylic oxidation sites excluding steroid dienone is 1. The lowest BCUT2D eigenvalue weighted by molar-refractivity contribution is -0.154. The number of carbonyl (C=O) groups excluding carboxylic acids is 2. The lowest BCUT2D eigenvalue weighted by atomic mass is 9.46. The molecule has 5 aliphatic carbocycles. The van der Waals surface area contributed by atoms with E-state index in [1.54, 1.807) is 6.08 Å². The molecular weight excluding hydrogens is 418 g/mol. The summed E-state index contributed by atoms with van der Waals surface area (Å²) < 4.78 is 0. The highest BCUT2D eigenvalue weighted by Crippen LogP contribution is 2.67. The third-order valence-electron chi connectivity index (χ3n) is 10.7. The zero-order valence-electron chi connectivity index (χ0n) is 20.6. The molecule has 0 bridgehead atoms. The maximum atomic E-state index is 13.3. The van der Waals surface area contributed by atoms with Gasteiger partial charge in [-0.2, -0.15) is 0 Å². The number of amides is 1. The third kappa shape index (κ3) is 3.16. The first-order valence-electron chi connectivity index (χ1n) is 13.1. The standard InChI is InChI=1S/C27H41NO5/c1-5-24(32)28(16-6-7-16)15(2)17-9-11-27(33)19-12-21(29)20-13-22(30)23(31)14-25(20,3)18(19)8-10-26(17,27)4/h12,15-18,20,22-23,30-31,33H,5-11,13-14H2,1-4H3. The van der Waals surface area contributed by atoms with Crippen molar-refractivity contribution >= 4 is 11.7 Å². The van der Waals surface area contributed by atoms with E-state index in [9.17, 15) is 24.9 Å². The fourth-order valence-corrected chi connectivity index (χ4v) is 8.68. The summed E-state index contributed by atoms with van der Waals surface area (Å²) in [5.74, 6) is 0.104. The Labute approximate surface area is 197 Å². The molecule has 0 spiro atoms. The van der Waals surface area contributed by atoms with Crippen LogP contribution in [0.25, 0.3) is 0 Å². The van der Waals surface area contributed by atoms with E-state index < -0.39 is 28.6 Å². The Morgan fingerprint density at radius 2 is 1.82 bits per heavy atom. The van der Waals surface area contributed by atoms with Crippen LogP contribution in [-0.4, -0.2) is 61.8 Å². The van der Waals surface area contributed by atoms with Crippen molar-refractivity contribution in [2.75, 3.05) is 0 Å². The van der Waals surface area contributed by atoms with Gasteiger partial charge in [-0.1, -0.05) is 20.8 Å². The minimum atomic E-state index is -1.07. The van der Waals surface area contributed by atoms with Crippen LogP contribution in [0.2, 0.25) is 0 Å². The molecule has 6 heteroatoms. The summed E-state index contributed by atoms with van der Waals surface area (Å²) >= 11 is 0. The van der Waals surface area contributed by atoms with Crippen LogP contribution in [0, 0.1) is 28.6 Å². The van der Waals surface area contributed by atoms with Gasteiger partial charge in [0.2, 0.25) is 5.91 Å². The molecule has 4 fully saturated rings. The molecule has 0 aromatic carbocycles. The summed E-state index contributed by atoms with van der Waals surface area (Å²) in [6.07, 6.45) is 6.50. The number of hydrogen-bond acceptors (Lipinski definition) is 5. The summed E-state index contributed by atoms with van der Waals surface area (Å²) in [6.45, 7) is 8.35. The van der Waals surface area contributed by atoms with Crippen LogP contribution >= 0.6 is 0 Å². The van der Waals surface area contributed by atoms with Crippen molar-refractivity contribution in [2.24, 2.45) is 28.6 Å². The van der Waals surface area contributed by atoms with E-state index in [1.165, 1.54) is 0 Å². The number of rotatable bonds is 4. The van der Waals surface area contributed by atoms with Gasteiger partial charge in [-0.15, -0.1) is 0 Å². The topological polar surface area (TPSA) is 98.1 Å². The van der Waals surface area contributed by atoms with Crippen LogP contribution in [0.4, 0.5) is 0 Å². The van der Waals surface area contributed by atoms with E-state index in [0.29, 0.717) is 31.7 Å². The molecular formula is C27H41NO5. The Balaban J connectivity index is 1.50. The Morgan fingerprint density at radius 1 is 1.12 bits per heavy atom. The molecule has 1 amide bonds. The van der Waals surface area contributed by atoms with E-state index >= 15 is 0 Å². The van der Waals surface area contributed by atoms with Gasteiger partial charge in [0.1, 0.15) is 0 Å². The van der Waals surface area contributed by atoms with Crippen molar-refractivity contribution in [3.63, 3.8) is 0 Å².